The Morgan fingerprint density at radius 1 is 1.24 bits per heavy atom. The second-order valence-corrected chi connectivity index (χ2v) is 6.54. The van der Waals surface area contributed by atoms with Crippen LogP contribution in [0.2, 0.25) is 0 Å². The number of thioether (sulfide) groups is 1. The van der Waals surface area contributed by atoms with Gasteiger partial charge in [0.2, 0.25) is 0 Å². The number of hydrogen-bond acceptors (Lipinski definition) is 2. The maximum absolute atomic E-state index is 3.62. The number of hydrogen-bond donors (Lipinski definition) is 1. The molecule has 17 heavy (non-hydrogen) atoms. The highest BCUT2D eigenvalue weighted by molar-refractivity contribution is 8.00. The van der Waals surface area contributed by atoms with Crippen LogP contribution in [0.5, 0.6) is 0 Å². The fraction of sp³-hybridized carbons (Fsp3) is 0.600. The molecule has 0 spiro atoms. The Balaban J connectivity index is 1.83. The Bertz CT molecular complexity index is 377. The van der Waals surface area contributed by atoms with Crippen molar-refractivity contribution in [1.29, 1.82) is 0 Å². The van der Waals surface area contributed by atoms with Gasteiger partial charge in [0.25, 0.3) is 0 Å². The summed E-state index contributed by atoms with van der Waals surface area (Å²) in [6, 6.07) is 6.76. The molecule has 0 radical (unpaired) electrons. The zero-order valence-electron chi connectivity index (χ0n) is 11.2. The summed E-state index contributed by atoms with van der Waals surface area (Å²) in [5.41, 5.74) is 4.18. The van der Waals surface area contributed by atoms with Gasteiger partial charge in [-0.2, -0.15) is 11.8 Å². The molecule has 0 bridgehead atoms. The maximum Gasteiger partial charge on any atom is 0.0281 e. The molecular formula is C15H23NS. The Kier molecular flexibility index (Phi) is 4.16. The van der Waals surface area contributed by atoms with E-state index in [1.54, 1.807) is 0 Å². The van der Waals surface area contributed by atoms with Crippen LogP contribution in [0.3, 0.4) is 0 Å². The van der Waals surface area contributed by atoms with E-state index >= 15 is 0 Å². The van der Waals surface area contributed by atoms with Crippen LogP contribution in [0.4, 0.5) is 0 Å². The Morgan fingerprint density at radius 2 is 2.00 bits per heavy atom. The van der Waals surface area contributed by atoms with Gasteiger partial charge in [0.1, 0.15) is 0 Å². The molecule has 0 atom stereocenters. The van der Waals surface area contributed by atoms with E-state index in [2.05, 4.69) is 43.6 Å². The summed E-state index contributed by atoms with van der Waals surface area (Å²) >= 11 is 2.04. The highest BCUT2D eigenvalue weighted by Crippen LogP contribution is 2.42. The number of nitrogens with one attached hydrogen (secondary N) is 1. The molecule has 2 heteroatoms. The third-order valence-electron chi connectivity index (χ3n) is 4.05. The lowest BCUT2D eigenvalue weighted by molar-refractivity contribution is 0.345. The minimum Gasteiger partial charge on any atom is -0.311 e. The normalized spacial score (nSPS) is 17.8. The third-order valence-corrected chi connectivity index (χ3v) is 5.46. The molecule has 0 aromatic heterocycles. The van der Waals surface area contributed by atoms with E-state index in [1.165, 1.54) is 36.0 Å². The Labute approximate surface area is 109 Å². The molecule has 1 aliphatic rings. The van der Waals surface area contributed by atoms with Gasteiger partial charge < -0.3 is 5.32 Å². The second-order valence-electron chi connectivity index (χ2n) is 5.26. The van der Waals surface area contributed by atoms with Crippen molar-refractivity contribution >= 4 is 11.8 Å². The molecule has 1 N–H and O–H groups in total. The van der Waals surface area contributed by atoms with E-state index in [-0.39, 0.29) is 0 Å². The van der Waals surface area contributed by atoms with Gasteiger partial charge in [0.05, 0.1) is 0 Å². The van der Waals surface area contributed by atoms with Gasteiger partial charge in [-0.3, -0.25) is 0 Å². The van der Waals surface area contributed by atoms with Crippen molar-refractivity contribution in [3.63, 3.8) is 0 Å². The van der Waals surface area contributed by atoms with Gasteiger partial charge in [-0.25, -0.2) is 0 Å². The first-order valence-electron chi connectivity index (χ1n) is 6.47. The zero-order valence-corrected chi connectivity index (χ0v) is 12.0. The van der Waals surface area contributed by atoms with Crippen LogP contribution in [0, 0.1) is 13.8 Å². The summed E-state index contributed by atoms with van der Waals surface area (Å²) in [6.07, 6.45) is 6.42. The minimum absolute atomic E-state index is 0.541. The summed E-state index contributed by atoms with van der Waals surface area (Å²) in [5.74, 6) is 0. The van der Waals surface area contributed by atoms with E-state index in [0.29, 0.717) is 4.75 Å². The lowest BCUT2D eigenvalue weighted by Crippen LogP contribution is -2.43. The molecule has 0 unspecified atom stereocenters. The van der Waals surface area contributed by atoms with Gasteiger partial charge in [0.15, 0.2) is 0 Å². The smallest absolute Gasteiger partial charge is 0.0281 e. The molecule has 0 aliphatic heterocycles. The average molecular weight is 249 g/mol. The van der Waals surface area contributed by atoms with Crippen molar-refractivity contribution in [2.24, 2.45) is 0 Å². The summed E-state index contributed by atoms with van der Waals surface area (Å²) < 4.78 is 0.541. The number of benzene rings is 1. The molecule has 1 aromatic carbocycles. The van der Waals surface area contributed by atoms with Gasteiger partial charge in [-0.1, -0.05) is 24.6 Å². The fourth-order valence-electron chi connectivity index (χ4n) is 2.37. The monoisotopic (exact) mass is 249 g/mol. The van der Waals surface area contributed by atoms with Gasteiger partial charge in [-0.15, -0.1) is 0 Å². The van der Waals surface area contributed by atoms with Crippen molar-refractivity contribution in [3.05, 3.63) is 34.9 Å². The third kappa shape index (κ3) is 3.05. The molecule has 1 aromatic rings. The molecule has 94 valence electrons. The second kappa shape index (κ2) is 5.45. The molecular weight excluding hydrogens is 226 g/mol. The van der Waals surface area contributed by atoms with E-state index in [1.807, 2.05) is 11.8 Å². The van der Waals surface area contributed by atoms with E-state index in [9.17, 15) is 0 Å². The quantitative estimate of drug-likeness (QED) is 0.854. The standard InChI is InChI=1S/C15H23NS/c1-12-5-6-14(9-13(12)2)10-16-11-15(17-3)7-4-8-15/h5-6,9,16H,4,7-8,10-11H2,1-3H3. The first-order valence-corrected chi connectivity index (χ1v) is 7.70. The van der Waals surface area contributed by atoms with Crippen LogP contribution in [-0.4, -0.2) is 17.5 Å². The Hall–Kier alpha value is -0.470. The summed E-state index contributed by atoms with van der Waals surface area (Å²) in [5, 5.41) is 3.62. The lowest BCUT2D eigenvalue weighted by Gasteiger charge is -2.40. The van der Waals surface area contributed by atoms with Crippen LogP contribution in [0.25, 0.3) is 0 Å². The number of aryl methyl sites for hydroxylation is 2. The zero-order chi connectivity index (χ0) is 12.3. The molecule has 1 aliphatic carbocycles. The molecule has 0 saturated heterocycles. The molecule has 2 rings (SSSR count). The fourth-order valence-corrected chi connectivity index (χ4v) is 3.32. The van der Waals surface area contributed by atoms with Gasteiger partial charge in [-0.05, 0) is 49.6 Å². The summed E-state index contributed by atoms with van der Waals surface area (Å²) in [4.78, 5) is 0. The lowest BCUT2D eigenvalue weighted by atomic mass is 9.84. The van der Waals surface area contributed by atoms with Gasteiger partial charge in [0, 0.05) is 17.8 Å². The first kappa shape index (κ1) is 13.0. The minimum atomic E-state index is 0.541. The SMILES string of the molecule is CSC1(CNCc2ccc(C)c(C)c2)CCC1. The van der Waals surface area contributed by atoms with Crippen LogP contribution in [0.1, 0.15) is 36.0 Å². The highest BCUT2D eigenvalue weighted by Gasteiger charge is 2.35. The van der Waals surface area contributed by atoms with E-state index in [0.717, 1.165) is 13.1 Å². The first-order chi connectivity index (χ1) is 8.15. The van der Waals surface area contributed by atoms with Crippen molar-refractivity contribution in [2.45, 2.75) is 44.4 Å². The van der Waals surface area contributed by atoms with E-state index < -0.39 is 0 Å². The Morgan fingerprint density at radius 3 is 2.53 bits per heavy atom. The average Bonchev–Trinajstić information content (AvgIpc) is 2.27. The molecule has 0 heterocycles. The molecule has 0 amide bonds. The molecule has 1 saturated carbocycles. The van der Waals surface area contributed by atoms with Crippen molar-refractivity contribution in [3.8, 4) is 0 Å². The largest absolute Gasteiger partial charge is 0.311 e. The molecule has 1 nitrogen and oxygen atoms in total. The number of rotatable bonds is 5. The topological polar surface area (TPSA) is 12.0 Å². The van der Waals surface area contributed by atoms with Crippen molar-refractivity contribution < 1.29 is 0 Å². The molecule has 1 fully saturated rings. The van der Waals surface area contributed by atoms with Crippen LogP contribution in [-0.2, 0) is 6.54 Å². The van der Waals surface area contributed by atoms with Crippen LogP contribution in [0.15, 0.2) is 18.2 Å². The summed E-state index contributed by atoms with van der Waals surface area (Å²) in [6.45, 7) is 6.52. The van der Waals surface area contributed by atoms with Crippen molar-refractivity contribution in [2.75, 3.05) is 12.8 Å². The van der Waals surface area contributed by atoms with Crippen LogP contribution >= 0.6 is 11.8 Å². The summed E-state index contributed by atoms with van der Waals surface area (Å²) in [7, 11) is 0. The van der Waals surface area contributed by atoms with Crippen molar-refractivity contribution in [1.82, 2.24) is 5.32 Å². The predicted octanol–water partition coefficient (Wildman–Crippen LogP) is 3.68. The highest BCUT2D eigenvalue weighted by atomic mass is 32.2. The predicted molar refractivity (Wildman–Crippen MR) is 77.7 cm³/mol. The van der Waals surface area contributed by atoms with Crippen LogP contribution < -0.4 is 5.32 Å². The van der Waals surface area contributed by atoms with E-state index in [4.69, 9.17) is 0 Å². The maximum atomic E-state index is 3.62. The van der Waals surface area contributed by atoms with Gasteiger partial charge >= 0.3 is 0 Å².